The van der Waals surface area contributed by atoms with Crippen molar-refractivity contribution in [2.75, 3.05) is 19.8 Å². The summed E-state index contributed by atoms with van der Waals surface area (Å²) in [6.45, 7) is -0.381. The van der Waals surface area contributed by atoms with Crippen molar-refractivity contribution >= 4 is 5.97 Å². The predicted octanol–water partition coefficient (Wildman–Crippen LogP) is 1.28. The number of carbonyl (C=O) groups excluding carboxylic acids is 1. The van der Waals surface area contributed by atoms with E-state index in [4.69, 9.17) is 20.1 Å². The second-order valence-electron chi connectivity index (χ2n) is 6.89. The Morgan fingerprint density at radius 3 is 1.77 bits per heavy atom. The summed E-state index contributed by atoms with van der Waals surface area (Å²) in [6.07, 6.45) is 7.04. The molecule has 0 radical (unpaired) electrons. The number of carbonyl (C=O) groups is 1. The van der Waals surface area contributed by atoms with Crippen LogP contribution in [0.15, 0.2) is 0 Å². The molecule has 0 amide bonds. The highest BCUT2D eigenvalue weighted by molar-refractivity contribution is 5.69. The number of esters is 1. The number of aliphatic hydroxyl groups is 5. The topological polar surface area (TPSA) is 127 Å². The molecule has 0 aliphatic carbocycles. The van der Waals surface area contributed by atoms with Gasteiger partial charge in [0, 0.05) is 13.0 Å². The van der Waals surface area contributed by atoms with Gasteiger partial charge in [-0.15, -0.1) is 0 Å². The molecule has 0 heterocycles. The molecule has 0 aliphatic rings. The van der Waals surface area contributed by atoms with Crippen molar-refractivity contribution in [3.63, 3.8) is 0 Å². The third-order valence-electron chi connectivity index (χ3n) is 4.38. The highest BCUT2D eigenvalue weighted by atomic mass is 16.5. The van der Waals surface area contributed by atoms with Crippen molar-refractivity contribution in [3.8, 4) is 0 Å². The van der Waals surface area contributed by atoms with Crippen molar-refractivity contribution in [2.24, 2.45) is 0 Å². The monoisotopic (exact) mass is 378 g/mol. The average Bonchev–Trinajstić information content (AvgIpc) is 2.64. The average molecular weight is 379 g/mol. The molecule has 2 unspecified atom stereocenters. The molecule has 0 rings (SSSR count). The van der Waals surface area contributed by atoms with Crippen LogP contribution in [0.1, 0.15) is 77.0 Å². The predicted molar refractivity (Wildman–Crippen MR) is 98.6 cm³/mol. The number of rotatable bonds is 18. The van der Waals surface area contributed by atoms with Gasteiger partial charge in [0.2, 0.25) is 0 Å². The Balaban J connectivity index is 3.46. The maximum atomic E-state index is 11.4. The first-order valence-electron chi connectivity index (χ1n) is 9.92. The van der Waals surface area contributed by atoms with Gasteiger partial charge >= 0.3 is 5.97 Å². The van der Waals surface area contributed by atoms with Gasteiger partial charge < -0.3 is 30.3 Å². The van der Waals surface area contributed by atoms with Crippen LogP contribution in [-0.4, -0.2) is 69.6 Å². The molecule has 0 aliphatic heterocycles. The first kappa shape index (κ1) is 25.3. The lowest BCUT2D eigenvalue weighted by Crippen LogP contribution is -2.25. The molecule has 0 aromatic heterocycles. The van der Waals surface area contributed by atoms with E-state index < -0.39 is 24.9 Å². The lowest BCUT2D eigenvalue weighted by Gasteiger charge is -2.17. The molecule has 0 saturated carbocycles. The number of aliphatic hydroxyl groups excluding tert-OH is 5. The van der Waals surface area contributed by atoms with Crippen LogP contribution < -0.4 is 0 Å². The van der Waals surface area contributed by atoms with Crippen molar-refractivity contribution in [1.82, 2.24) is 0 Å². The lowest BCUT2D eigenvalue weighted by molar-refractivity contribution is -0.147. The number of ether oxygens (including phenoxy) is 1. The molecule has 26 heavy (non-hydrogen) atoms. The van der Waals surface area contributed by atoms with Gasteiger partial charge in [-0.2, -0.15) is 0 Å². The SMILES string of the molecule is O=C(CCCCCCCC(O)C(O)CCCCCCO)OC[C@H](O)CO. The highest BCUT2D eigenvalue weighted by Gasteiger charge is 2.15. The van der Waals surface area contributed by atoms with E-state index in [0.29, 0.717) is 25.7 Å². The minimum absolute atomic E-state index is 0.170. The Morgan fingerprint density at radius 1 is 0.731 bits per heavy atom. The largest absolute Gasteiger partial charge is 0.463 e. The van der Waals surface area contributed by atoms with E-state index in [9.17, 15) is 15.0 Å². The fourth-order valence-electron chi connectivity index (χ4n) is 2.67. The molecule has 0 fully saturated rings. The Morgan fingerprint density at radius 2 is 1.23 bits per heavy atom. The van der Waals surface area contributed by atoms with E-state index in [1.165, 1.54) is 0 Å². The van der Waals surface area contributed by atoms with Gasteiger partial charge in [-0.25, -0.2) is 0 Å². The van der Waals surface area contributed by atoms with Crippen molar-refractivity contribution < 1.29 is 35.1 Å². The van der Waals surface area contributed by atoms with E-state index in [2.05, 4.69) is 0 Å². The van der Waals surface area contributed by atoms with Crippen LogP contribution in [0.2, 0.25) is 0 Å². The second kappa shape index (κ2) is 17.7. The van der Waals surface area contributed by atoms with Gasteiger partial charge in [-0.3, -0.25) is 4.79 Å². The number of hydrogen-bond donors (Lipinski definition) is 5. The number of hydrogen-bond acceptors (Lipinski definition) is 7. The van der Waals surface area contributed by atoms with Gasteiger partial charge in [-0.05, 0) is 25.7 Å². The lowest BCUT2D eigenvalue weighted by atomic mass is 10.00. The molecule has 5 N–H and O–H groups in total. The van der Waals surface area contributed by atoms with Crippen LogP contribution in [0.3, 0.4) is 0 Å². The van der Waals surface area contributed by atoms with Crippen LogP contribution in [0, 0.1) is 0 Å². The van der Waals surface area contributed by atoms with Crippen molar-refractivity contribution in [1.29, 1.82) is 0 Å². The van der Waals surface area contributed by atoms with Crippen LogP contribution in [0.5, 0.6) is 0 Å². The summed E-state index contributed by atoms with van der Waals surface area (Å²) in [6, 6.07) is 0. The standard InChI is InChI=1S/C19H38O7/c20-13-9-5-4-7-11-18(24)17(23)10-6-2-1-3-8-12-19(25)26-15-16(22)14-21/h16-18,20-24H,1-15H2/t16-,17?,18?/m1/s1. The van der Waals surface area contributed by atoms with Gasteiger partial charge in [0.05, 0.1) is 18.8 Å². The zero-order chi connectivity index (χ0) is 19.6. The van der Waals surface area contributed by atoms with Gasteiger partial charge in [0.1, 0.15) is 12.7 Å². The zero-order valence-electron chi connectivity index (χ0n) is 15.9. The van der Waals surface area contributed by atoms with E-state index in [1.54, 1.807) is 0 Å². The maximum Gasteiger partial charge on any atom is 0.305 e. The highest BCUT2D eigenvalue weighted by Crippen LogP contribution is 2.14. The third kappa shape index (κ3) is 15.5. The molecular weight excluding hydrogens is 340 g/mol. The summed E-state index contributed by atoms with van der Waals surface area (Å²) in [7, 11) is 0. The molecule has 3 atom stereocenters. The molecule has 0 spiro atoms. The molecule has 156 valence electrons. The quantitative estimate of drug-likeness (QED) is 0.179. The van der Waals surface area contributed by atoms with Crippen LogP contribution in [0.25, 0.3) is 0 Å². The summed E-state index contributed by atoms with van der Waals surface area (Å²) >= 11 is 0. The molecular formula is C19H38O7. The molecule has 0 bridgehead atoms. The zero-order valence-corrected chi connectivity index (χ0v) is 15.9. The van der Waals surface area contributed by atoms with Gasteiger partial charge in [0.15, 0.2) is 0 Å². The minimum Gasteiger partial charge on any atom is -0.463 e. The van der Waals surface area contributed by atoms with Crippen LogP contribution >= 0.6 is 0 Å². The Labute approximate surface area is 157 Å². The van der Waals surface area contributed by atoms with Crippen molar-refractivity contribution in [2.45, 2.75) is 95.4 Å². The normalized spacial score (nSPS) is 14.8. The van der Waals surface area contributed by atoms with E-state index >= 15 is 0 Å². The molecule has 7 nitrogen and oxygen atoms in total. The maximum absolute atomic E-state index is 11.4. The molecule has 0 aromatic carbocycles. The summed E-state index contributed by atoms with van der Waals surface area (Å²) in [5.41, 5.74) is 0. The van der Waals surface area contributed by atoms with E-state index in [0.717, 1.165) is 51.4 Å². The van der Waals surface area contributed by atoms with Gasteiger partial charge in [-0.1, -0.05) is 44.9 Å². The first-order valence-corrected chi connectivity index (χ1v) is 9.92. The fourth-order valence-corrected chi connectivity index (χ4v) is 2.67. The van der Waals surface area contributed by atoms with E-state index in [-0.39, 0.29) is 19.2 Å². The Hall–Kier alpha value is -0.730. The third-order valence-corrected chi connectivity index (χ3v) is 4.38. The van der Waals surface area contributed by atoms with Crippen molar-refractivity contribution in [3.05, 3.63) is 0 Å². The number of unbranched alkanes of at least 4 members (excludes halogenated alkanes) is 7. The fraction of sp³-hybridized carbons (Fsp3) is 0.947. The summed E-state index contributed by atoms with van der Waals surface area (Å²) in [5, 5.41) is 46.2. The molecule has 7 heteroatoms. The Bertz CT molecular complexity index is 325. The minimum atomic E-state index is -1.01. The molecule has 0 aromatic rings. The van der Waals surface area contributed by atoms with Crippen LogP contribution in [0.4, 0.5) is 0 Å². The summed E-state index contributed by atoms with van der Waals surface area (Å²) in [5.74, 6) is -0.366. The Kier molecular flexibility index (Phi) is 17.2. The summed E-state index contributed by atoms with van der Waals surface area (Å²) < 4.78 is 4.81. The molecule has 0 saturated heterocycles. The van der Waals surface area contributed by atoms with Gasteiger partial charge in [0.25, 0.3) is 0 Å². The second-order valence-corrected chi connectivity index (χ2v) is 6.89. The smallest absolute Gasteiger partial charge is 0.305 e. The van der Waals surface area contributed by atoms with Crippen LogP contribution in [-0.2, 0) is 9.53 Å². The summed E-state index contributed by atoms with van der Waals surface area (Å²) in [4.78, 5) is 11.4. The first-order chi connectivity index (χ1) is 12.5. The van der Waals surface area contributed by atoms with E-state index in [1.807, 2.05) is 0 Å².